The second-order valence-electron chi connectivity index (χ2n) is 7.93. The van der Waals surface area contributed by atoms with Gasteiger partial charge in [0.2, 0.25) is 0 Å². The highest BCUT2D eigenvalue weighted by atomic mass is 32.2. The van der Waals surface area contributed by atoms with Gasteiger partial charge in [0.05, 0.1) is 12.7 Å². The van der Waals surface area contributed by atoms with Gasteiger partial charge in [-0.3, -0.25) is 9.69 Å². The van der Waals surface area contributed by atoms with Crippen LogP contribution >= 0.6 is 11.8 Å². The predicted molar refractivity (Wildman–Crippen MR) is 119 cm³/mol. The first kappa shape index (κ1) is 21.9. The van der Waals surface area contributed by atoms with E-state index in [2.05, 4.69) is 11.0 Å². The molecule has 0 aliphatic carbocycles. The molecular formula is C24H31NO3S. The largest absolute Gasteiger partial charge is 0.491 e. The Hall–Kier alpha value is -1.82. The number of ketones is 1. The number of thioether (sulfide) groups is 1. The number of aliphatic hydroxyl groups excluding tert-OH is 1. The van der Waals surface area contributed by atoms with Crippen molar-refractivity contribution in [3.63, 3.8) is 0 Å². The van der Waals surface area contributed by atoms with Crippen molar-refractivity contribution in [1.82, 2.24) is 4.90 Å². The summed E-state index contributed by atoms with van der Waals surface area (Å²) in [6.45, 7) is 6.48. The Kier molecular flexibility index (Phi) is 7.76. The van der Waals surface area contributed by atoms with Crippen molar-refractivity contribution < 1.29 is 14.6 Å². The maximum Gasteiger partial charge on any atom is 0.167 e. The second-order valence-corrected chi connectivity index (χ2v) is 8.81. The van der Waals surface area contributed by atoms with Gasteiger partial charge in [0.15, 0.2) is 5.78 Å². The molecule has 0 bridgehead atoms. The van der Waals surface area contributed by atoms with Crippen LogP contribution in [0.1, 0.15) is 48.2 Å². The van der Waals surface area contributed by atoms with Crippen LogP contribution in [0.15, 0.2) is 47.4 Å². The maximum atomic E-state index is 13.0. The molecule has 1 unspecified atom stereocenters. The fourth-order valence-electron chi connectivity index (χ4n) is 3.89. The van der Waals surface area contributed by atoms with Crippen molar-refractivity contribution in [2.45, 2.75) is 50.8 Å². The third kappa shape index (κ3) is 5.84. The third-order valence-electron chi connectivity index (χ3n) is 5.31. The molecule has 156 valence electrons. The van der Waals surface area contributed by atoms with Crippen molar-refractivity contribution in [2.24, 2.45) is 5.92 Å². The summed E-state index contributed by atoms with van der Waals surface area (Å²) in [7, 11) is 0. The molecule has 3 rings (SSSR count). The highest BCUT2D eigenvalue weighted by molar-refractivity contribution is 7.98. The maximum absolute atomic E-state index is 13.0. The molecule has 1 heterocycles. The zero-order valence-corrected chi connectivity index (χ0v) is 18.4. The van der Waals surface area contributed by atoms with Gasteiger partial charge in [0.25, 0.3) is 0 Å². The van der Waals surface area contributed by atoms with Gasteiger partial charge < -0.3 is 9.84 Å². The molecular weight excluding hydrogens is 382 g/mol. The minimum Gasteiger partial charge on any atom is -0.491 e. The van der Waals surface area contributed by atoms with E-state index < -0.39 is 0 Å². The highest BCUT2D eigenvalue weighted by Gasteiger charge is 2.26. The summed E-state index contributed by atoms with van der Waals surface area (Å²) in [5.74, 6) is 1.04. The molecule has 5 heteroatoms. The van der Waals surface area contributed by atoms with Crippen molar-refractivity contribution >= 4 is 17.5 Å². The number of benzene rings is 2. The second kappa shape index (κ2) is 10.3. The normalized spacial score (nSPS) is 17.5. The zero-order valence-electron chi connectivity index (χ0n) is 17.6. The van der Waals surface area contributed by atoms with Crippen LogP contribution in [-0.2, 0) is 13.2 Å². The number of hydrogen-bond acceptors (Lipinski definition) is 5. The van der Waals surface area contributed by atoms with E-state index in [9.17, 15) is 9.90 Å². The van der Waals surface area contributed by atoms with E-state index in [0.717, 1.165) is 54.9 Å². The van der Waals surface area contributed by atoms with Gasteiger partial charge in [-0.2, -0.15) is 0 Å². The molecule has 1 atom stereocenters. The first-order valence-corrected chi connectivity index (χ1v) is 11.5. The fraction of sp³-hybridized carbons (Fsp3) is 0.458. The quantitative estimate of drug-likeness (QED) is 0.498. The summed E-state index contributed by atoms with van der Waals surface area (Å²) in [5, 5.41) is 9.70. The number of nitrogens with zero attached hydrogens (tertiary/aromatic N) is 1. The number of aliphatic hydroxyl groups is 1. The lowest BCUT2D eigenvalue weighted by atomic mass is 9.90. The molecule has 0 spiro atoms. The Labute approximate surface area is 178 Å². The van der Waals surface area contributed by atoms with E-state index in [0.29, 0.717) is 0 Å². The number of Topliss-reactive ketones (excluding diaryl/α,β-unsaturated/α-hetero) is 1. The summed E-state index contributed by atoms with van der Waals surface area (Å²) in [5.41, 5.74) is 2.77. The van der Waals surface area contributed by atoms with Gasteiger partial charge in [-0.1, -0.05) is 18.2 Å². The van der Waals surface area contributed by atoms with Crippen LogP contribution < -0.4 is 4.74 Å². The van der Waals surface area contributed by atoms with Gasteiger partial charge in [0.1, 0.15) is 5.75 Å². The molecule has 1 saturated heterocycles. The summed E-state index contributed by atoms with van der Waals surface area (Å²) < 4.78 is 5.78. The number of ether oxygens (including phenoxy) is 1. The Bertz CT molecular complexity index is 819. The number of hydrogen-bond donors (Lipinski definition) is 1. The van der Waals surface area contributed by atoms with Crippen molar-refractivity contribution in [3.05, 3.63) is 59.2 Å². The number of carbonyl (C=O) groups excluding carboxylic acids is 1. The predicted octanol–water partition coefficient (Wildman–Crippen LogP) is 4.78. The number of carbonyl (C=O) groups is 1. The Balaban J connectivity index is 1.65. The Morgan fingerprint density at radius 1 is 1.24 bits per heavy atom. The summed E-state index contributed by atoms with van der Waals surface area (Å²) in [4.78, 5) is 16.5. The molecule has 1 aliphatic rings. The minimum absolute atomic E-state index is 0.0386. The lowest BCUT2D eigenvalue weighted by Crippen LogP contribution is -2.38. The average molecular weight is 414 g/mol. The lowest BCUT2D eigenvalue weighted by molar-refractivity contribution is 0.0811. The van der Waals surface area contributed by atoms with Crippen LogP contribution in [0.2, 0.25) is 0 Å². The summed E-state index contributed by atoms with van der Waals surface area (Å²) in [6, 6.07) is 14.0. The number of rotatable bonds is 8. The summed E-state index contributed by atoms with van der Waals surface area (Å²) in [6.07, 6.45) is 4.09. The smallest absolute Gasteiger partial charge is 0.167 e. The van der Waals surface area contributed by atoms with E-state index in [4.69, 9.17) is 4.74 Å². The first-order valence-electron chi connectivity index (χ1n) is 10.3. The Morgan fingerprint density at radius 3 is 2.66 bits per heavy atom. The molecule has 1 N–H and O–H groups in total. The molecule has 29 heavy (non-hydrogen) atoms. The van der Waals surface area contributed by atoms with Crippen molar-refractivity contribution in [2.75, 3.05) is 19.3 Å². The van der Waals surface area contributed by atoms with Gasteiger partial charge in [-0.15, -0.1) is 11.8 Å². The molecule has 2 aromatic carbocycles. The fourth-order valence-corrected chi connectivity index (χ4v) is 4.29. The first-order chi connectivity index (χ1) is 14.0. The number of piperidine rings is 1. The van der Waals surface area contributed by atoms with Crippen LogP contribution in [0.3, 0.4) is 0 Å². The molecule has 2 aromatic rings. The zero-order chi connectivity index (χ0) is 20.8. The molecule has 1 fully saturated rings. The van der Waals surface area contributed by atoms with Crippen LogP contribution in [0, 0.1) is 5.92 Å². The SMILES string of the molecule is CSc1ccc(C(=O)C2CCCN(Cc3ccc(OC(C)C)c(CO)c3)C2)cc1. The molecule has 0 radical (unpaired) electrons. The standard InChI is InChI=1S/C24H31NO3S/c1-17(2)28-23-11-6-18(13-21(23)16-26)14-25-12-4-5-20(15-25)24(27)19-7-9-22(29-3)10-8-19/h6-11,13,17,20,26H,4-5,12,14-16H2,1-3H3. The molecule has 1 aliphatic heterocycles. The molecule has 0 saturated carbocycles. The Morgan fingerprint density at radius 2 is 2.00 bits per heavy atom. The number of likely N-dealkylation sites (tertiary alicyclic amines) is 1. The average Bonchev–Trinajstić information content (AvgIpc) is 2.74. The minimum atomic E-state index is -0.0386. The topological polar surface area (TPSA) is 49.8 Å². The van der Waals surface area contributed by atoms with E-state index in [-0.39, 0.29) is 24.4 Å². The van der Waals surface area contributed by atoms with Gasteiger partial charge in [0, 0.05) is 35.0 Å². The highest BCUT2D eigenvalue weighted by Crippen LogP contribution is 2.26. The lowest BCUT2D eigenvalue weighted by Gasteiger charge is -2.32. The van der Waals surface area contributed by atoms with Crippen molar-refractivity contribution in [1.29, 1.82) is 0 Å². The molecule has 0 amide bonds. The van der Waals surface area contributed by atoms with Crippen LogP contribution in [0.4, 0.5) is 0 Å². The van der Waals surface area contributed by atoms with Gasteiger partial charge in [-0.05, 0) is 69.3 Å². The van der Waals surface area contributed by atoms with E-state index >= 15 is 0 Å². The van der Waals surface area contributed by atoms with Gasteiger partial charge in [-0.25, -0.2) is 0 Å². The van der Waals surface area contributed by atoms with Crippen LogP contribution in [-0.4, -0.2) is 41.2 Å². The van der Waals surface area contributed by atoms with Crippen molar-refractivity contribution in [3.8, 4) is 5.75 Å². The van der Waals surface area contributed by atoms with E-state index in [1.807, 2.05) is 56.5 Å². The third-order valence-corrected chi connectivity index (χ3v) is 6.06. The van der Waals surface area contributed by atoms with Crippen LogP contribution in [0.5, 0.6) is 5.75 Å². The van der Waals surface area contributed by atoms with E-state index in [1.54, 1.807) is 11.8 Å². The van der Waals surface area contributed by atoms with Crippen LogP contribution in [0.25, 0.3) is 0 Å². The monoisotopic (exact) mass is 413 g/mol. The summed E-state index contributed by atoms with van der Waals surface area (Å²) >= 11 is 1.69. The molecule has 0 aromatic heterocycles. The van der Waals surface area contributed by atoms with Gasteiger partial charge >= 0.3 is 0 Å². The molecule has 4 nitrogen and oxygen atoms in total. The van der Waals surface area contributed by atoms with E-state index in [1.165, 1.54) is 4.90 Å².